The maximum atomic E-state index is 12.4. The number of carbonyl (C=O) groups is 2. The molecule has 0 saturated carbocycles. The van der Waals surface area contributed by atoms with E-state index in [0.717, 1.165) is 11.1 Å². The van der Waals surface area contributed by atoms with Gasteiger partial charge in [-0.3, -0.25) is 4.79 Å². The van der Waals surface area contributed by atoms with Crippen LogP contribution in [-0.2, 0) is 9.53 Å². The molecule has 0 aromatic heterocycles. The van der Waals surface area contributed by atoms with Crippen LogP contribution in [0.1, 0.15) is 10.4 Å². The van der Waals surface area contributed by atoms with Crippen molar-refractivity contribution in [3.63, 3.8) is 0 Å². The fourth-order valence-electron chi connectivity index (χ4n) is 2.76. The molecule has 1 amide bonds. The summed E-state index contributed by atoms with van der Waals surface area (Å²) >= 11 is 0. The highest BCUT2D eigenvalue weighted by Crippen LogP contribution is 2.28. The minimum Gasteiger partial charge on any atom is -0.496 e. The molecule has 3 aromatic rings. The van der Waals surface area contributed by atoms with Crippen molar-refractivity contribution >= 4 is 22.6 Å². The van der Waals surface area contributed by atoms with Crippen molar-refractivity contribution in [3.8, 4) is 11.5 Å². The Kier molecular flexibility index (Phi) is 6.46. The van der Waals surface area contributed by atoms with E-state index in [1.54, 1.807) is 19.2 Å². The lowest BCUT2D eigenvalue weighted by Gasteiger charge is -2.11. The molecule has 0 unspecified atom stereocenters. The van der Waals surface area contributed by atoms with Crippen LogP contribution in [0.3, 0.4) is 0 Å². The standard InChI is InChI=1S/C22H21NO5/c1-26-20-12-11-19(17-9-5-6-10-18(17)20)22(25)28-15-21(24)23-13-14-27-16-7-3-2-4-8-16/h2-12H,13-15H2,1H3,(H,23,24). The van der Waals surface area contributed by atoms with Crippen LogP contribution in [0.4, 0.5) is 0 Å². The van der Waals surface area contributed by atoms with E-state index in [2.05, 4.69) is 5.32 Å². The summed E-state index contributed by atoms with van der Waals surface area (Å²) in [5.41, 5.74) is 0.386. The number of carbonyl (C=O) groups excluding carboxylic acids is 2. The Labute approximate surface area is 163 Å². The summed E-state index contributed by atoms with van der Waals surface area (Å²) in [5.74, 6) is 0.454. The van der Waals surface area contributed by atoms with Crippen molar-refractivity contribution < 1.29 is 23.8 Å². The molecule has 28 heavy (non-hydrogen) atoms. The number of hydrogen-bond donors (Lipinski definition) is 1. The van der Waals surface area contributed by atoms with Gasteiger partial charge in [0.25, 0.3) is 5.91 Å². The zero-order chi connectivity index (χ0) is 19.8. The summed E-state index contributed by atoms with van der Waals surface area (Å²) in [6.07, 6.45) is 0. The van der Waals surface area contributed by atoms with Crippen LogP contribution in [0, 0.1) is 0 Å². The van der Waals surface area contributed by atoms with Crippen LogP contribution in [0.5, 0.6) is 11.5 Å². The van der Waals surface area contributed by atoms with E-state index in [1.165, 1.54) is 0 Å². The Bertz CT molecular complexity index is 956. The summed E-state index contributed by atoms with van der Waals surface area (Å²) in [6, 6.07) is 20.0. The minimum atomic E-state index is -0.561. The fraction of sp³-hybridized carbons (Fsp3) is 0.182. The summed E-state index contributed by atoms with van der Waals surface area (Å²) in [6.45, 7) is 0.286. The van der Waals surface area contributed by atoms with Gasteiger partial charge in [0, 0.05) is 5.39 Å². The zero-order valence-electron chi connectivity index (χ0n) is 15.5. The molecule has 0 fully saturated rings. The fourth-order valence-corrected chi connectivity index (χ4v) is 2.76. The molecule has 0 spiro atoms. The van der Waals surface area contributed by atoms with Gasteiger partial charge in [-0.1, -0.05) is 42.5 Å². The van der Waals surface area contributed by atoms with Crippen LogP contribution in [0.15, 0.2) is 66.7 Å². The van der Waals surface area contributed by atoms with Crippen LogP contribution in [0.2, 0.25) is 0 Å². The monoisotopic (exact) mass is 379 g/mol. The van der Waals surface area contributed by atoms with Crippen LogP contribution < -0.4 is 14.8 Å². The lowest BCUT2D eigenvalue weighted by molar-refractivity contribution is -0.124. The van der Waals surface area contributed by atoms with Crippen molar-refractivity contribution in [1.29, 1.82) is 0 Å². The molecular weight excluding hydrogens is 358 g/mol. The predicted molar refractivity (Wildman–Crippen MR) is 106 cm³/mol. The predicted octanol–water partition coefficient (Wildman–Crippen LogP) is 3.20. The van der Waals surface area contributed by atoms with Gasteiger partial charge in [0.05, 0.1) is 19.2 Å². The first-order chi connectivity index (χ1) is 13.7. The second-order valence-electron chi connectivity index (χ2n) is 5.95. The number of rotatable bonds is 8. The number of ether oxygens (including phenoxy) is 3. The quantitative estimate of drug-likeness (QED) is 0.481. The van der Waals surface area contributed by atoms with Crippen LogP contribution >= 0.6 is 0 Å². The number of nitrogens with one attached hydrogen (secondary N) is 1. The smallest absolute Gasteiger partial charge is 0.339 e. The minimum absolute atomic E-state index is 0.316. The Hall–Kier alpha value is -3.54. The maximum absolute atomic E-state index is 12.4. The second kappa shape index (κ2) is 9.41. The number of fused-ring (bicyclic) bond motifs is 1. The lowest BCUT2D eigenvalue weighted by atomic mass is 10.0. The number of para-hydroxylation sites is 1. The molecule has 6 nitrogen and oxygen atoms in total. The largest absolute Gasteiger partial charge is 0.496 e. The van der Waals surface area contributed by atoms with Crippen molar-refractivity contribution in [1.82, 2.24) is 5.32 Å². The zero-order valence-corrected chi connectivity index (χ0v) is 15.5. The molecule has 0 aliphatic heterocycles. The van der Waals surface area contributed by atoms with Gasteiger partial charge in [-0.25, -0.2) is 4.79 Å². The van der Waals surface area contributed by atoms with Crippen molar-refractivity contribution in [2.45, 2.75) is 0 Å². The first-order valence-corrected chi connectivity index (χ1v) is 8.86. The third-order valence-electron chi connectivity index (χ3n) is 4.09. The lowest BCUT2D eigenvalue weighted by Crippen LogP contribution is -2.32. The third-order valence-corrected chi connectivity index (χ3v) is 4.09. The molecule has 0 heterocycles. The highest BCUT2D eigenvalue weighted by Gasteiger charge is 2.15. The SMILES string of the molecule is COc1ccc(C(=O)OCC(=O)NCCOc2ccccc2)c2ccccc12. The van der Waals surface area contributed by atoms with Gasteiger partial charge in [0.15, 0.2) is 6.61 Å². The van der Waals surface area contributed by atoms with Gasteiger partial charge < -0.3 is 19.5 Å². The van der Waals surface area contributed by atoms with E-state index in [-0.39, 0.29) is 12.5 Å². The van der Waals surface area contributed by atoms with Gasteiger partial charge in [0.2, 0.25) is 0 Å². The van der Waals surface area contributed by atoms with Crippen LogP contribution in [-0.4, -0.2) is 38.7 Å². The van der Waals surface area contributed by atoms with Gasteiger partial charge in [-0.15, -0.1) is 0 Å². The normalized spacial score (nSPS) is 10.3. The molecule has 0 atom stereocenters. The average molecular weight is 379 g/mol. The van der Waals surface area contributed by atoms with Crippen molar-refractivity contribution in [2.75, 3.05) is 26.9 Å². The first kappa shape index (κ1) is 19.2. The molecule has 3 aromatic carbocycles. The molecule has 0 aliphatic carbocycles. The molecule has 0 aliphatic rings. The molecule has 144 valence electrons. The number of amides is 1. The molecule has 0 bridgehead atoms. The molecule has 0 radical (unpaired) electrons. The molecular formula is C22H21NO5. The number of esters is 1. The van der Waals surface area contributed by atoms with Crippen LogP contribution in [0.25, 0.3) is 10.8 Å². The Morgan fingerprint density at radius 1 is 0.893 bits per heavy atom. The first-order valence-electron chi connectivity index (χ1n) is 8.86. The molecule has 3 rings (SSSR count). The highest BCUT2D eigenvalue weighted by atomic mass is 16.5. The third kappa shape index (κ3) is 4.79. The number of hydrogen-bond acceptors (Lipinski definition) is 5. The van der Waals surface area contributed by atoms with Crippen molar-refractivity contribution in [2.24, 2.45) is 0 Å². The van der Waals surface area contributed by atoms with E-state index in [1.807, 2.05) is 54.6 Å². The van der Waals surface area contributed by atoms with Gasteiger partial charge in [-0.05, 0) is 29.7 Å². The van der Waals surface area contributed by atoms with Gasteiger partial charge in [0.1, 0.15) is 18.1 Å². The van der Waals surface area contributed by atoms with E-state index in [0.29, 0.717) is 29.9 Å². The Balaban J connectivity index is 1.50. The second-order valence-corrected chi connectivity index (χ2v) is 5.95. The average Bonchev–Trinajstić information content (AvgIpc) is 2.75. The molecule has 6 heteroatoms. The number of methoxy groups -OCH3 is 1. The molecule has 1 N–H and O–H groups in total. The Morgan fingerprint density at radius 2 is 1.61 bits per heavy atom. The van der Waals surface area contributed by atoms with E-state index >= 15 is 0 Å². The molecule has 0 saturated heterocycles. The summed E-state index contributed by atoms with van der Waals surface area (Å²) in [4.78, 5) is 24.3. The van der Waals surface area contributed by atoms with E-state index in [4.69, 9.17) is 14.2 Å². The Morgan fingerprint density at radius 3 is 2.36 bits per heavy atom. The van der Waals surface area contributed by atoms with E-state index in [9.17, 15) is 9.59 Å². The summed E-state index contributed by atoms with van der Waals surface area (Å²) in [5, 5.41) is 4.17. The maximum Gasteiger partial charge on any atom is 0.339 e. The van der Waals surface area contributed by atoms with Gasteiger partial charge in [-0.2, -0.15) is 0 Å². The summed E-state index contributed by atoms with van der Waals surface area (Å²) in [7, 11) is 1.58. The van der Waals surface area contributed by atoms with E-state index < -0.39 is 5.97 Å². The topological polar surface area (TPSA) is 73.9 Å². The highest BCUT2D eigenvalue weighted by molar-refractivity contribution is 6.06. The summed E-state index contributed by atoms with van der Waals surface area (Å²) < 4.78 is 16.0. The van der Waals surface area contributed by atoms with Crippen molar-refractivity contribution in [3.05, 3.63) is 72.3 Å². The van der Waals surface area contributed by atoms with Gasteiger partial charge >= 0.3 is 5.97 Å². The number of benzene rings is 3.